The van der Waals surface area contributed by atoms with Gasteiger partial charge >= 0.3 is 6.36 Å². The normalized spacial score (nSPS) is 23.3. The summed E-state index contributed by atoms with van der Waals surface area (Å²) in [5, 5.41) is 11.2. The van der Waals surface area contributed by atoms with Crippen molar-refractivity contribution in [2.24, 2.45) is 0 Å². The molecule has 2 heterocycles. The molecule has 0 saturated carbocycles. The highest BCUT2D eigenvalue weighted by Crippen LogP contribution is 2.38. The maximum atomic E-state index is 13.8. The van der Waals surface area contributed by atoms with Crippen LogP contribution in [0.5, 0.6) is 5.75 Å². The molecule has 3 aromatic carbocycles. The minimum atomic E-state index is -4.94. The number of ether oxygens (including phenoxy) is 2. The van der Waals surface area contributed by atoms with Crippen LogP contribution in [0.25, 0.3) is 11.1 Å². The van der Waals surface area contributed by atoms with Crippen molar-refractivity contribution in [1.82, 2.24) is 9.03 Å². The summed E-state index contributed by atoms with van der Waals surface area (Å²) in [5.74, 6) is -0.602. The number of nitrogens with zero attached hydrogens (tertiary/aromatic N) is 1. The van der Waals surface area contributed by atoms with Crippen molar-refractivity contribution in [1.29, 1.82) is 0 Å². The molecule has 2 aliphatic rings. The molecule has 0 unspecified atom stereocenters. The minimum absolute atomic E-state index is 0.0472. The van der Waals surface area contributed by atoms with Gasteiger partial charge in [0.2, 0.25) is 20.0 Å². The van der Waals surface area contributed by atoms with E-state index in [9.17, 15) is 35.1 Å². The van der Waals surface area contributed by atoms with E-state index in [1.165, 1.54) is 6.07 Å². The Morgan fingerprint density at radius 2 is 1.59 bits per heavy atom. The lowest BCUT2D eigenvalue weighted by molar-refractivity contribution is -0.274. The molecule has 0 aliphatic carbocycles. The number of hydrogen-bond donors (Lipinski definition) is 2. The first kappa shape index (κ1) is 27.6. The molecule has 2 aliphatic heterocycles. The quantitative estimate of drug-likeness (QED) is 0.473. The molecule has 3 aromatic rings. The fourth-order valence-electron chi connectivity index (χ4n) is 4.74. The summed E-state index contributed by atoms with van der Waals surface area (Å²) in [6.45, 7) is -0.530. The molecule has 0 radical (unpaired) electrons. The van der Waals surface area contributed by atoms with E-state index in [0.717, 1.165) is 34.1 Å². The van der Waals surface area contributed by atoms with Crippen LogP contribution < -0.4 is 9.46 Å². The van der Waals surface area contributed by atoms with Crippen LogP contribution in [-0.2, 0) is 31.3 Å². The molecule has 0 amide bonds. The molecular weight excluding hydrogens is 561 g/mol. The Kier molecular flexibility index (Phi) is 7.20. The standard InChI is InChI=1S/C25H23F3N2O7S2/c26-25(27,28)37-17-9-11-18(12-10-17)38(32,33)29-21-14-36-15-22(24(21)31)30-13-16-5-1-2-6-19(16)20-7-3-4-8-23(20)39(30,34)35/h1-12,21-22,24,29,31H,13-15H2/t21-,22+,24+/m1/s1. The maximum absolute atomic E-state index is 13.8. The number of aliphatic hydroxyl groups excluding tert-OH is 1. The van der Waals surface area contributed by atoms with E-state index < -0.39 is 50.3 Å². The van der Waals surface area contributed by atoms with Gasteiger partial charge in [-0.1, -0.05) is 42.5 Å². The van der Waals surface area contributed by atoms with Crippen LogP contribution in [0.3, 0.4) is 0 Å². The van der Waals surface area contributed by atoms with Crippen molar-refractivity contribution >= 4 is 20.0 Å². The molecule has 1 saturated heterocycles. The highest BCUT2D eigenvalue weighted by atomic mass is 32.2. The number of halogens is 3. The van der Waals surface area contributed by atoms with E-state index in [0.29, 0.717) is 11.1 Å². The number of hydrogen-bond acceptors (Lipinski definition) is 7. The van der Waals surface area contributed by atoms with Gasteiger partial charge in [-0.2, -0.15) is 4.31 Å². The number of aliphatic hydroxyl groups is 1. The zero-order valence-corrected chi connectivity index (χ0v) is 21.7. The summed E-state index contributed by atoms with van der Waals surface area (Å²) in [7, 11) is -8.48. The van der Waals surface area contributed by atoms with E-state index in [1.807, 2.05) is 6.07 Å². The first-order chi connectivity index (χ1) is 18.4. The van der Waals surface area contributed by atoms with Gasteiger partial charge in [0.15, 0.2) is 0 Å². The molecule has 2 N–H and O–H groups in total. The van der Waals surface area contributed by atoms with Gasteiger partial charge in [0.05, 0.1) is 41.2 Å². The summed E-state index contributed by atoms with van der Waals surface area (Å²) >= 11 is 0. The number of sulfonamides is 2. The summed E-state index contributed by atoms with van der Waals surface area (Å²) in [6.07, 6.45) is -6.44. The Bertz CT molecular complexity index is 1580. The second kappa shape index (κ2) is 10.2. The van der Waals surface area contributed by atoms with Gasteiger partial charge < -0.3 is 14.6 Å². The van der Waals surface area contributed by atoms with Crippen LogP contribution in [0.4, 0.5) is 13.2 Å². The van der Waals surface area contributed by atoms with Crippen molar-refractivity contribution in [3.63, 3.8) is 0 Å². The van der Waals surface area contributed by atoms with Gasteiger partial charge in [0, 0.05) is 12.1 Å². The van der Waals surface area contributed by atoms with Crippen LogP contribution in [-0.4, -0.2) is 64.0 Å². The van der Waals surface area contributed by atoms with Gasteiger partial charge in [-0.3, -0.25) is 0 Å². The minimum Gasteiger partial charge on any atom is -0.406 e. The van der Waals surface area contributed by atoms with Crippen LogP contribution >= 0.6 is 0 Å². The highest BCUT2D eigenvalue weighted by molar-refractivity contribution is 7.89. The van der Waals surface area contributed by atoms with E-state index >= 15 is 0 Å². The largest absolute Gasteiger partial charge is 0.573 e. The molecular formula is C25H23F3N2O7S2. The zero-order chi connectivity index (χ0) is 28.0. The molecule has 39 heavy (non-hydrogen) atoms. The average Bonchev–Trinajstić information content (AvgIpc) is 2.97. The summed E-state index contributed by atoms with van der Waals surface area (Å²) < 4.78 is 104. The zero-order valence-electron chi connectivity index (χ0n) is 20.1. The third-order valence-corrected chi connectivity index (χ3v) is 9.98. The van der Waals surface area contributed by atoms with Crippen molar-refractivity contribution in [2.45, 2.75) is 40.9 Å². The first-order valence-corrected chi connectivity index (χ1v) is 14.6. The van der Waals surface area contributed by atoms with E-state index in [1.54, 1.807) is 36.4 Å². The third-order valence-electron chi connectivity index (χ3n) is 6.54. The highest BCUT2D eigenvalue weighted by Gasteiger charge is 2.45. The van der Waals surface area contributed by atoms with Crippen LogP contribution in [0.1, 0.15) is 5.56 Å². The van der Waals surface area contributed by atoms with E-state index in [4.69, 9.17) is 4.74 Å². The second-order valence-electron chi connectivity index (χ2n) is 9.05. The topological polar surface area (TPSA) is 122 Å². The van der Waals surface area contributed by atoms with Crippen LogP contribution in [0.15, 0.2) is 82.6 Å². The third kappa shape index (κ3) is 5.53. The smallest absolute Gasteiger partial charge is 0.406 e. The summed E-state index contributed by atoms with van der Waals surface area (Å²) in [5.41, 5.74) is 1.93. The molecule has 9 nitrogen and oxygen atoms in total. The fraction of sp³-hybridized carbons (Fsp3) is 0.280. The Balaban J connectivity index is 1.42. The molecule has 3 atom stereocenters. The number of nitrogens with one attached hydrogen (secondary N) is 1. The SMILES string of the molecule is O=S(=O)(N[C@@H]1COC[C@H](N2Cc3ccccc3-c3ccccc3S2(=O)=O)[C@H]1O)c1ccc(OC(F)(F)F)cc1. The molecule has 208 valence electrons. The van der Waals surface area contributed by atoms with Gasteiger partial charge in [-0.25, -0.2) is 21.6 Å². The van der Waals surface area contributed by atoms with Gasteiger partial charge in [-0.05, 0) is 41.5 Å². The van der Waals surface area contributed by atoms with E-state index in [-0.39, 0.29) is 29.5 Å². The predicted octanol–water partition coefficient (Wildman–Crippen LogP) is 2.86. The van der Waals surface area contributed by atoms with Crippen LogP contribution in [0, 0.1) is 0 Å². The Morgan fingerprint density at radius 3 is 2.28 bits per heavy atom. The van der Waals surface area contributed by atoms with Crippen molar-refractivity contribution in [2.75, 3.05) is 13.2 Å². The average molecular weight is 585 g/mol. The van der Waals surface area contributed by atoms with Crippen LogP contribution in [0.2, 0.25) is 0 Å². The molecule has 1 fully saturated rings. The Morgan fingerprint density at radius 1 is 0.949 bits per heavy atom. The molecule has 0 bridgehead atoms. The lowest BCUT2D eigenvalue weighted by atomic mass is 9.98. The number of alkyl halides is 3. The van der Waals surface area contributed by atoms with Crippen molar-refractivity contribution < 1.29 is 44.6 Å². The monoisotopic (exact) mass is 584 g/mol. The lowest BCUT2D eigenvalue weighted by Crippen LogP contribution is -2.61. The molecule has 0 spiro atoms. The predicted molar refractivity (Wildman–Crippen MR) is 132 cm³/mol. The van der Waals surface area contributed by atoms with Gasteiger partial charge in [0.25, 0.3) is 0 Å². The second-order valence-corrected chi connectivity index (χ2v) is 12.6. The number of rotatable bonds is 5. The van der Waals surface area contributed by atoms with Crippen molar-refractivity contribution in [3.05, 3.63) is 78.4 Å². The first-order valence-electron chi connectivity index (χ1n) is 11.7. The Hall–Kier alpha value is -3.01. The molecule has 0 aromatic heterocycles. The van der Waals surface area contributed by atoms with Gasteiger partial charge in [0.1, 0.15) is 5.75 Å². The summed E-state index contributed by atoms with van der Waals surface area (Å²) in [6, 6.07) is 14.8. The Labute approximate surface area is 222 Å². The summed E-state index contributed by atoms with van der Waals surface area (Å²) in [4.78, 5) is -0.331. The van der Waals surface area contributed by atoms with E-state index in [2.05, 4.69) is 9.46 Å². The number of benzene rings is 3. The number of fused-ring (bicyclic) bond motifs is 3. The fourth-order valence-corrected chi connectivity index (χ4v) is 7.78. The van der Waals surface area contributed by atoms with Crippen molar-refractivity contribution in [3.8, 4) is 16.9 Å². The molecule has 14 heteroatoms. The van der Waals surface area contributed by atoms with Gasteiger partial charge in [-0.15, -0.1) is 13.2 Å². The lowest BCUT2D eigenvalue weighted by Gasteiger charge is -2.40. The molecule has 5 rings (SSSR count). The maximum Gasteiger partial charge on any atom is 0.573 e.